The van der Waals surface area contributed by atoms with E-state index in [9.17, 15) is 13.2 Å². The molecule has 3 aromatic carbocycles. The van der Waals surface area contributed by atoms with E-state index in [1.54, 1.807) is 67.8 Å². The molecule has 0 amide bonds. The number of anilines is 1. The van der Waals surface area contributed by atoms with E-state index >= 15 is 0 Å². The van der Waals surface area contributed by atoms with Crippen molar-refractivity contribution >= 4 is 44.2 Å². The first-order valence-corrected chi connectivity index (χ1v) is 12.1. The molecule has 1 aromatic heterocycles. The molecule has 0 spiro atoms. The molecule has 0 atom stereocenters. The number of halogens is 1. The molecule has 34 heavy (non-hydrogen) atoms. The summed E-state index contributed by atoms with van der Waals surface area (Å²) in [6, 6.07) is 21.7. The minimum Gasteiger partial charge on any atom is -0.497 e. The lowest BCUT2D eigenvalue weighted by Gasteiger charge is -2.21. The monoisotopic (exact) mass is 496 g/mol. The predicted molar refractivity (Wildman–Crippen MR) is 131 cm³/mol. The maximum absolute atomic E-state index is 13.3. The van der Waals surface area contributed by atoms with Gasteiger partial charge in [0, 0.05) is 24.1 Å². The maximum atomic E-state index is 13.3. The summed E-state index contributed by atoms with van der Waals surface area (Å²) in [7, 11) is -1.02. The number of carbonyl (C=O) groups excluding carboxylic acids is 1. The molecule has 0 unspecified atom stereocenters. The summed E-state index contributed by atoms with van der Waals surface area (Å²) in [5.74, 6) is -0.139. The van der Waals surface area contributed by atoms with E-state index in [2.05, 4.69) is 4.98 Å². The Balaban J connectivity index is 1.59. The van der Waals surface area contributed by atoms with Crippen LogP contribution in [0.5, 0.6) is 5.75 Å². The highest BCUT2D eigenvalue weighted by Crippen LogP contribution is 2.27. The van der Waals surface area contributed by atoms with Crippen LogP contribution in [0.25, 0.3) is 10.9 Å². The van der Waals surface area contributed by atoms with Gasteiger partial charge >= 0.3 is 5.97 Å². The number of hydrogen-bond donors (Lipinski definition) is 0. The Bertz CT molecular complexity index is 1460. The number of para-hydroxylation sites is 1. The molecule has 0 bridgehead atoms. The molecule has 0 saturated heterocycles. The Hall–Kier alpha value is -3.62. The van der Waals surface area contributed by atoms with E-state index in [0.717, 1.165) is 9.69 Å². The second kappa shape index (κ2) is 9.70. The lowest BCUT2D eigenvalue weighted by atomic mass is 10.1. The van der Waals surface area contributed by atoms with Gasteiger partial charge in [0.1, 0.15) is 22.4 Å². The highest BCUT2D eigenvalue weighted by molar-refractivity contribution is 7.92. The zero-order chi connectivity index (χ0) is 24.3. The average molecular weight is 497 g/mol. The summed E-state index contributed by atoms with van der Waals surface area (Å²) >= 11 is 6.30. The third-order valence-electron chi connectivity index (χ3n) is 5.27. The Labute approximate surface area is 202 Å². The van der Waals surface area contributed by atoms with Gasteiger partial charge in [-0.1, -0.05) is 41.9 Å². The van der Waals surface area contributed by atoms with Crippen molar-refractivity contribution in [1.82, 2.24) is 4.98 Å². The lowest BCUT2D eigenvalue weighted by molar-refractivity contribution is 0.0468. The van der Waals surface area contributed by atoms with Gasteiger partial charge in [0.15, 0.2) is 0 Å². The maximum Gasteiger partial charge on any atom is 0.339 e. The fraction of sp³-hybridized carbons (Fsp3) is 0.120. The van der Waals surface area contributed by atoms with E-state index in [0.29, 0.717) is 22.5 Å². The summed E-state index contributed by atoms with van der Waals surface area (Å²) in [6.07, 6.45) is 0. The fourth-order valence-corrected chi connectivity index (χ4v) is 4.98. The molecule has 0 N–H and O–H groups in total. The number of carbonyl (C=O) groups is 1. The predicted octanol–water partition coefficient (Wildman–Crippen LogP) is 5.08. The van der Waals surface area contributed by atoms with Gasteiger partial charge in [0.05, 0.1) is 23.9 Å². The second-order valence-corrected chi connectivity index (χ2v) is 9.67. The standard InChI is InChI=1S/C25H21ClN2O5S/c1-28(19-8-4-3-5-9-19)34(30,31)23-11-7-6-10-21(23)25(29)33-16-18-14-17-12-13-20(32-2)15-22(17)27-24(18)26/h3-15H,16H2,1-2H3. The van der Waals surface area contributed by atoms with Crippen LogP contribution in [-0.2, 0) is 21.4 Å². The number of hydrogen-bond acceptors (Lipinski definition) is 6. The molecular formula is C25H21ClN2O5S. The SMILES string of the molecule is COc1ccc2cc(COC(=O)c3ccccc3S(=O)(=O)N(C)c3ccccc3)c(Cl)nc2c1. The van der Waals surface area contributed by atoms with Gasteiger partial charge in [-0.25, -0.2) is 18.2 Å². The van der Waals surface area contributed by atoms with Crippen LogP contribution in [0.3, 0.4) is 0 Å². The zero-order valence-electron chi connectivity index (χ0n) is 18.4. The molecule has 0 radical (unpaired) electrons. The Morgan fingerprint density at radius 3 is 2.44 bits per heavy atom. The Morgan fingerprint density at radius 2 is 1.71 bits per heavy atom. The van der Waals surface area contributed by atoms with E-state index in [1.807, 2.05) is 6.07 Å². The van der Waals surface area contributed by atoms with Crippen molar-refractivity contribution in [1.29, 1.82) is 0 Å². The van der Waals surface area contributed by atoms with Gasteiger partial charge in [-0.05, 0) is 42.5 Å². The van der Waals surface area contributed by atoms with Crippen LogP contribution in [0.2, 0.25) is 5.15 Å². The quantitative estimate of drug-likeness (QED) is 0.262. The van der Waals surface area contributed by atoms with E-state index in [1.165, 1.54) is 19.2 Å². The molecule has 9 heteroatoms. The topological polar surface area (TPSA) is 85.8 Å². The van der Waals surface area contributed by atoms with Crippen LogP contribution in [0.1, 0.15) is 15.9 Å². The van der Waals surface area contributed by atoms with Gasteiger partial charge in [0.25, 0.3) is 10.0 Å². The van der Waals surface area contributed by atoms with Crippen LogP contribution < -0.4 is 9.04 Å². The fourth-order valence-electron chi connectivity index (χ4n) is 3.40. The molecule has 174 valence electrons. The molecule has 7 nitrogen and oxygen atoms in total. The van der Waals surface area contributed by atoms with Gasteiger partial charge < -0.3 is 9.47 Å². The molecule has 0 aliphatic heterocycles. The molecule has 0 saturated carbocycles. The number of nitrogens with zero attached hydrogens (tertiary/aromatic N) is 2. The lowest BCUT2D eigenvalue weighted by Crippen LogP contribution is -2.28. The molecule has 4 rings (SSSR count). The first kappa shape index (κ1) is 23.5. The van der Waals surface area contributed by atoms with Crippen LogP contribution in [0.15, 0.2) is 83.8 Å². The first-order valence-electron chi connectivity index (χ1n) is 10.2. The first-order chi connectivity index (χ1) is 16.3. The molecule has 0 aliphatic rings. The van der Waals surface area contributed by atoms with Crippen molar-refractivity contribution in [3.63, 3.8) is 0 Å². The Kier molecular flexibility index (Phi) is 6.72. The number of rotatable bonds is 7. The van der Waals surface area contributed by atoms with Crippen LogP contribution in [0, 0.1) is 0 Å². The van der Waals surface area contributed by atoms with Gasteiger partial charge in [0.2, 0.25) is 0 Å². The Morgan fingerprint density at radius 1 is 1.00 bits per heavy atom. The van der Waals surface area contributed by atoms with Crippen molar-refractivity contribution in [2.45, 2.75) is 11.5 Å². The third-order valence-corrected chi connectivity index (χ3v) is 7.45. The third kappa shape index (κ3) is 4.69. The van der Waals surface area contributed by atoms with Gasteiger partial charge in [-0.15, -0.1) is 0 Å². The number of aromatic nitrogens is 1. The molecular weight excluding hydrogens is 476 g/mol. The summed E-state index contributed by atoms with van der Waals surface area (Å²) in [5, 5.41) is 0.974. The largest absolute Gasteiger partial charge is 0.497 e. The van der Waals surface area contributed by atoms with E-state index in [-0.39, 0.29) is 22.2 Å². The van der Waals surface area contributed by atoms with Gasteiger partial charge in [-0.3, -0.25) is 4.31 Å². The van der Waals surface area contributed by atoms with Crippen molar-refractivity contribution in [3.8, 4) is 5.75 Å². The van der Waals surface area contributed by atoms with Crippen molar-refractivity contribution in [2.24, 2.45) is 0 Å². The second-order valence-electron chi connectivity index (χ2n) is 7.38. The number of esters is 1. The number of fused-ring (bicyclic) bond motifs is 1. The number of methoxy groups -OCH3 is 1. The summed E-state index contributed by atoms with van der Waals surface area (Å²) in [6.45, 7) is -0.171. The average Bonchev–Trinajstić information content (AvgIpc) is 2.86. The number of ether oxygens (including phenoxy) is 2. The zero-order valence-corrected chi connectivity index (χ0v) is 20.0. The van der Waals surface area contributed by atoms with Crippen molar-refractivity contribution in [2.75, 3.05) is 18.5 Å². The minimum atomic E-state index is -4.01. The highest BCUT2D eigenvalue weighted by atomic mass is 35.5. The molecule has 1 heterocycles. The summed E-state index contributed by atoms with van der Waals surface area (Å²) in [4.78, 5) is 17.1. The van der Waals surface area contributed by atoms with E-state index < -0.39 is 16.0 Å². The number of sulfonamides is 1. The molecule has 0 fully saturated rings. The van der Waals surface area contributed by atoms with Crippen molar-refractivity contribution in [3.05, 3.63) is 95.1 Å². The van der Waals surface area contributed by atoms with Crippen LogP contribution in [-0.4, -0.2) is 33.5 Å². The number of pyridine rings is 1. The summed E-state index contributed by atoms with van der Waals surface area (Å²) < 4.78 is 38.3. The van der Waals surface area contributed by atoms with Crippen LogP contribution >= 0.6 is 11.6 Å². The normalized spacial score (nSPS) is 11.3. The van der Waals surface area contributed by atoms with Crippen LogP contribution in [0.4, 0.5) is 5.69 Å². The molecule has 0 aliphatic carbocycles. The smallest absolute Gasteiger partial charge is 0.339 e. The molecule has 4 aromatic rings. The van der Waals surface area contributed by atoms with Crippen molar-refractivity contribution < 1.29 is 22.7 Å². The highest BCUT2D eigenvalue weighted by Gasteiger charge is 2.27. The van der Waals surface area contributed by atoms with Gasteiger partial charge in [-0.2, -0.15) is 0 Å². The number of benzene rings is 3. The van der Waals surface area contributed by atoms with E-state index in [4.69, 9.17) is 21.1 Å². The summed E-state index contributed by atoms with van der Waals surface area (Å²) in [5.41, 5.74) is 1.53. The minimum absolute atomic E-state index is 0.0695.